The van der Waals surface area contributed by atoms with Crippen molar-refractivity contribution >= 4 is 11.8 Å². The van der Waals surface area contributed by atoms with Crippen molar-refractivity contribution in [1.82, 2.24) is 0 Å². The second kappa shape index (κ2) is 6.02. The van der Waals surface area contributed by atoms with Crippen LogP contribution in [0.1, 0.15) is 46.5 Å². The molecule has 0 heterocycles. The lowest BCUT2D eigenvalue weighted by Gasteiger charge is -2.32. The topological polar surface area (TPSA) is 26.0 Å². The number of thioether (sulfide) groups is 1. The zero-order valence-corrected chi connectivity index (χ0v) is 10.6. The molecule has 84 valence electrons. The van der Waals surface area contributed by atoms with Gasteiger partial charge < -0.3 is 5.73 Å². The van der Waals surface area contributed by atoms with Crippen LogP contribution in [0.25, 0.3) is 0 Å². The van der Waals surface area contributed by atoms with Crippen LogP contribution >= 0.6 is 11.8 Å². The molecule has 2 N–H and O–H groups in total. The van der Waals surface area contributed by atoms with Crippen molar-refractivity contribution in [2.45, 2.75) is 57.7 Å². The minimum Gasteiger partial charge on any atom is -0.327 e. The summed E-state index contributed by atoms with van der Waals surface area (Å²) in [5.41, 5.74) is 6.15. The van der Waals surface area contributed by atoms with Crippen LogP contribution in [0.15, 0.2) is 0 Å². The lowest BCUT2D eigenvalue weighted by Crippen LogP contribution is -2.38. The lowest BCUT2D eigenvalue weighted by molar-refractivity contribution is 0.357. The zero-order chi connectivity index (χ0) is 10.6. The van der Waals surface area contributed by atoms with Crippen LogP contribution in [0.5, 0.6) is 0 Å². The average molecular weight is 215 g/mol. The molecular formula is C12H25NS. The van der Waals surface area contributed by atoms with E-state index in [-0.39, 0.29) is 0 Å². The van der Waals surface area contributed by atoms with Gasteiger partial charge in [-0.15, -0.1) is 0 Å². The van der Waals surface area contributed by atoms with Gasteiger partial charge in [-0.3, -0.25) is 0 Å². The summed E-state index contributed by atoms with van der Waals surface area (Å²) in [6.07, 6.45) is 5.20. The first-order valence-corrected chi connectivity index (χ1v) is 7.05. The van der Waals surface area contributed by atoms with E-state index in [9.17, 15) is 0 Å². The third-order valence-corrected chi connectivity index (χ3v) is 5.13. The number of hydrogen-bond acceptors (Lipinski definition) is 2. The molecule has 0 aliphatic heterocycles. The van der Waals surface area contributed by atoms with E-state index in [2.05, 4.69) is 32.5 Å². The van der Waals surface area contributed by atoms with Gasteiger partial charge in [-0.05, 0) is 36.9 Å². The maximum atomic E-state index is 6.15. The average Bonchev–Trinajstić information content (AvgIpc) is 2.19. The molecule has 0 spiro atoms. The summed E-state index contributed by atoms with van der Waals surface area (Å²) in [6, 6.07) is 0.459. The van der Waals surface area contributed by atoms with Gasteiger partial charge in [0.2, 0.25) is 0 Å². The molecule has 0 amide bonds. The quantitative estimate of drug-likeness (QED) is 0.779. The summed E-state index contributed by atoms with van der Waals surface area (Å²) in [5.74, 6) is 3.04. The van der Waals surface area contributed by atoms with E-state index < -0.39 is 0 Å². The van der Waals surface area contributed by atoms with Crippen LogP contribution in [0.4, 0.5) is 0 Å². The SMILES string of the molecule is CCC(C)CSC1CC(C)CCC1N. The fourth-order valence-corrected chi connectivity index (χ4v) is 3.61. The van der Waals surface area contributed by atoms with Gasteiger partial charge in [-0.25, -0.2) is 0 Å². The highest BCUT2D eigenvalue weighted by molar-refractivity contribution is 7.99. The first-order valence-electron chi connectivity index (χ1n) is 6.00. The van der Waals surface area contributed by atoms with Gasteiger partial charge in [0.05, 0.1) is 0 Å². The standard InChI is InChI=1S/C12H25NS/c1-4-9(2)8-14-12-7-10(3)5-6-11(12)13/h9-12H,4-8,13H2,1-3H3. The van der Waals surface area contributed by atoms with Crippen molar-refractivity contribution in [2.24, 2.45) is 17.6 Å². The molecule has 0 aromatic rings. The Kier molecular flexibility index (Phi) is 5.32. The van der Waals surface area contributed by atoms with Gasteiger partial charge in [-0.1, -0.05) is 27.2 Å². The Morgan fingerprint density at radius 2 is 2.14 bits per heavy atom. The largest absolute Gasteiger partial charge is 0.327 e. The molecule has 2 heteroatoms. The van der Waals surface area contributed by atoms with E-state index >= 15 is 0 Å². The molecule has 4 unspecified atom stereocenters. The Balaban J connectivity index is 2.27. The van der Waals surface area contributed by atoms with Crippen molar-refractivity contribution in [1.29, 1.82) is 0 Å². The van der Waals surface area contributed by atoms with Gasteiger partial charge in [0.1, 0.15) is 0 Å². The number of hydrogen-bond donors (Lipinski definition) is 1. The highest BCUT2D eigenvalue weighted by Gasteiger charge is 2.26. The molecule has 1 fully saturated rings. The Bertz CT molecular complexity index is 160. The summed E-state index contributed by atoms with van der Waals surface area (Å²) in [5, 5.41) is 0.729. The second-order valence-electron chi connectivity index (χ2n) is 4.97. The van der Waals surface area contributed by atoms with Crippen molar-refractivity contribution in [3.63, 3.8) is 0 Å². The third-order valence-electron chi connectivity index (χ3n) is 3.40. The Morgan fingerprint density at radius 1 is 1.43 bits per heavy atom. The number of rotatable bonds is 4. The molecule has 0 aromatic carbocycles. The highest BCUT2D eigenvalue weighted by Crippen LogP contribution is 2.32. The molecule has 1 rings (SSSR count). The summed E-state index contributed by atoms with van der Waals surface area (Å²) in [6.45, 7) is 6.97. The Hall–Kier alpha value is 0.310. The molecule has 1 saturated carbocycles. The molecule has 14 heavy (non-hydrogen) atoms. The van der Waals surface area contributed by atoms with E-state index in [1.54, 1.807) is 0 Å². The maximum Gasteiger partial charge on any atom is 0.0201 e. The zero-order valence-electron chi connectivity index (χ0n) is 9.83. The minimum absolute atomic E-state index is 0.459. The van der Waals surface area contributed by atoms with E-state index in [0.29, 0.717) is 6.04 Å². The van der Waals surface area contributed by atoms with Crippen LogP contribution in [-0.4, -0.2) is 17.0 Å². The van der Waals surface area contributed by atoms with Crippen molar-refractivity contribution in [3.05, 3.63) is 0 Å². The fraction of sp³-hybridized carbons (Fsp3) is 1.00. The lowest BCUT2D eigenvalue weighted by atomic mass is 9.87. The van der Waals surface area contributed by atoms with Gasteiger partial charge in [0.15, 0.2) is 0 Å². The molecule has 0 radical (unpaired) electrons. The predicted molar refractivity (Wildman–Crippen MR) is 66.7 cm³/mol. The number of nitrogens with two attached hydrogens (primary N) is 1. The predicted octanol–water partition coefficient (Wildman–Crippen LogP) is 3.28. The molecule has 4 atom stereocenters. The maximum absolute atomic E-state index is 6.15. The van der Waals surface area contributed by atoms with E-state index in [0.717, 1.165) is 17.1 Å². The van der Waals surface area contributed by atoms with Crippen molar-refractivity contribution in [3.8, 4) is 0 Å². The summed E-state index contributed by atoms with van der Waals surface area (Å²) < 4.78 is 0. The minimum atomic E-state index is 0.459. The van der Waals surface area contributed by atoms with Crippen LogP contribution in [-0.2, 0) is 0 Å². The molecule has 0 bridgehead atoms. The summed E-state index contributed by atoms with van der Waals surface area (Å²) in [7, 11) is 0. The van der Waals surface area contributed by atoms with Crippen molar-refractivity contribution in [2.75, 3.05) is 5.75 Å². The smallest absolute Gasteiger partial charge is 0.0201 e. The van der Waals surface area contributed by atoms with Crippen molar-refractivity contribution < 1.29 is 0 Å². The van der Waals surface area contributed by atoms with E-state index in [1.807, 2.05) is 0 Å². The van der Waals surface area contributed by atoms with Crippen LogP contribution in [0.3, 0.4) is 0 Å². The van der Waals surface area contributed by atoms with E-state index in [1.165, 1.54) is 31.4 Å². The highest BCUT2D eigenvalue weighted by atomic mass is 32.2. The van der Waals surface area contributed by atoms with E-state index in [4.69, 9.17) is 5.73 Å². The summed E-state index contributed by atoms with van der Waals surface area (Å²) >= 11 is 2.12. The van der Waals surface area contributed by atoms with Gasteiger partial charge in [0.25, 0.3) is 0 Å². The van der Waals surface area contributed by atoms with Crippen LogP contribution in [0, 0.1) is 11.8 Å². The normalized spacial score (nSPS) is 35.6. The molecule has 0 saturated heterocycles. The van der Waals surface area contributed by atoms with Gasteiger partial charge >= 0.3 is 0 Å². The second-order valence-corrected chi connectivity index (χ2v) is 6.24. The van der Waals surface area contributed by atoms with Gasteiger partial charge in [0, 0.05) is 11.3 Å². The monoisotopic (exact) mass is 215 g/mol. The van der Waals surface area contributed by atoms with Crippen LogP contribution in [0.2, 0.25) is 0 Å². The van der Waals surface area contributed by atoms with Gasteiger partial charge in [-0.2, -0.15) is 11.8 Å². The molecule has 0 aromatic heterocycles. The molecular weight excluding hydrogens is 190 g/mol. The fourth-order valence-electron chi connectivity index (χ4n) is 1.95. The molecule has 1 nitrogen and oxygen atoms in total. The first kappa shape index (κ1) is 12.4. The Labute approximate surface area is 93.2 Å². The molecule has 1 aliphatic rings. The first-order chi connectivity index (χ1) is 6.63. The Morgan fingerprint density at radius 3 is 2.79 bits per heavy atom. The van der Waals surface area contributed by atoms with Crippen LogP contribution < -0.4 is 5.73 Å². The third kappa shape index (κ3) is 3.82. The summed E-state index contributed by atoms with van der Waals surface area (Å²) in [4.78, 5) is 0. The molecule has 1 aliphatic carbocycles.